The summed E-state index contributed by atoms with van der Waals surface area (Å²) < 4.78 is 7.90. The fraction of sp³-hybridized carbons (Fsp3) is 0.120. The Morgan fingerprint density at radius 3 is 2.62 bits per heavy atom. The van der Waals surface area contributed by atoms with Gasteiger partial charge in [0.15, 0.2) is 5.16 Å². The van der Waals surface area contributed by atoms with Crippen molar-refractivity contribution >= 4 is 50.7 Å². The van der Waals surface area contributed by atoms with E-state index in [1.54, 1.807) is 48.7 Å². The minimum atomic E-state index is -0.311. The number of fused-ring (bicyclic) bond motifs is 1. The molecule has 0 aliphatic rings. The predicted octanol–water partition coefficient (Wildman–Crippen LogP) is 4.79. The highest BCUT2D eigenvalue weighted by Crippen LogP contribution is 2.23. The summed E-state index contributed by atoms with van der Waals surface area (Å²) in [4.78, 5) is 30.4. The zero-order chi connectivity index (χ0) is 23.9. The van der Waals surface area contributed by atoms with Crippen LogP contribution in [0.15, 0.2) is 92.3 Å². The molecule has 0 fully saturated rings. The van der Waals surface area contributed by atoms with Crippen molar-refractivity contribution in [3.8, 4) is 11.4 Å². The Hall–Kier alpha value is -3.43. The van der Waals surface area contributed by atoms with E-state index in [0.717, 1.165) is 10.0 Å². The fourth-order valence-corrected chi connectivity index (χ4v) is 4.40. The monoisotopic (exact) mass is 536 g/mol. The first kappa shape index (κ1) is 23.7. The molecule has 1 N–H and O–H groups in total. The Morgan fingerprint density at radius 2 is 1.85 bits per heavy atom. The number of hydrogen-bond acceptors (Lipinski definition) is 6. The fourth-order valence-electron chi connectivity index (χ4n) is 3.21. The molecule has 3 aromatic carbocycles. The van der Waals surface area contributed by atoms with Gasteiger partial charge in [-0.2, -0.15) is 5.10 Å². The van der Waals surface area contributed by atoms with Crippen LogP contribution in [0.5, 0.6) is 5.75 Å². The topological polar surface area (TPSA) is 85.6 Å². The van der Waals surface area contributed by atoms with E-state index in [1.807, 2.05) is 37.3 Å². The van der Waals surface area contributed by atoms with Gasteiger partial charge in [0.2, 0.25) is 0 Å². The molecule has 0 saturated carbocycles. The van der Waals surface area contributed by atoms with Gasteiger partial charge in [-0.3, -0.25) is 14.2 Å². The number of halogens is 1. The lowest BCUT2D eigenvalue weighted by atomic mass is 10.2. The molecule has 7 nitrogen and oxygen atoms in total. The first-order valence-corrected chi connectivity index (χ1v) is 12.3. The average Bonchev–Trinajstić information content (AvgIpc) is 2.85. The third-order valence-corrected chi connectivity index (χ3v) is 6.44. The standard InChI is InChI=1S/C25H21BrN4O3S/c1-2-33-19-13-11-18(12-14-19)30-24(32)20-8-4-6-10-22(20)28-25(30)34-16-23(31)29-27-15-17-7-3-5-9-21(17)26/h3-15H,2,16H2,1H3,(H,29,31). The SMILES string of the molecule is CCOc1ccc(-n2c(SCC(=O)NN=Cc3ccccc3Br)nc3ccccc3c2=O)cc1. The Balaban J connectivity index is 1.57. The smallest absolute Gasteiger partial charge is 0.266 e. The second-order valence-electron chi connectivity index (χ2n) is 7.08. The number of amides is 1. The van der Waals surface area contributed by atoms with Crippen LogP contribution in [0.4, 0.5) is 0 Å². The summed E-state index contributed by atoms with van der Waals surface area (Å²) in [6, 6.07) is 21.9. The molecule has 34 heavy (non-hydrogen) atoms. The highest BCUT2D eigenvalue weighted by molar-refractivity contribution is 9.10. The van der Waals surface area contributed by atoms with Gasteiger partial charge in [-0.05, 0) is 49.4 Å². The van der Waals surface area contributed by atoms with Crippen molar-refractivity contribution in [3.63, 3.8) is 0 Å². The van der Waals surface area contributed by atoms with Crippen molar-refractivity contribution < 1.29 is 9.53 Å². The molecule has 4 rings (SSSR count). The molecule has 1 aromatic heterocycles. The number of ether oxygens (including phenoxy) is 1. The van der Waals surface area contributed by atoms with E-state index in [1.165, 1.54) is 16.3 Å². The third kappa shape index (κ3) is 5.55. The van der Waals surface area contributed by atoms with Gasteiger partial charge in [0.05, 0.1) is 35.2 Å². The van der Waals surface area contributed by atoms with Gasteiger partial charge in [-0.1, -0.05) is 58.0 Å². The summed E-state index contributed by atoms with van der Waals surface area (Å²) >= 11 is 4.61. The van der Waals surface area contributed by atoms with Crippen LogP contribution in [0.2, 0.25) is 0 Å². The van der Waals surface area contributed by atoms with E-state index in [4.69, 9.17) is 4.74 Å². The second kappa shape index (κ2) is 11.1. The minimum absolute atomic E-state index is 0.0368. The average molecular weight is 537 g/mol. The number of para-hydroxylation sites is 1. The molecule has 172 valence electrons. The summed E-state index contributed by atoms with van der Waals surface area (Å²) in [5, 5.41) is 4.94. The Morgan fingerprint density at radius 1 is 1.12 bits per heavy atom. The zero-order valence-corrected chi connectivity index (χ0v) is 20.7. The minimum Gasteiger partial charge on any atom is -0.494 e. The van der Waals surface area contributed by atoms with Gasteiger partial charge in [-0.25, -0.2) is 10.4 Å². The number of carbonyl (C=O) groups is 1. The van der Waals surface area contributed by atoms with Crippen molar-refractivity contribution in [3.05, 3.63) is 93.2 Å². The van der Waals surface area contributed by atoms with Crippen LogP contribution >= 0.6 is 27.7 Å². The quantitative estimate of drug-likeness (QED) is 0.151. The van der Waals surface area contributed by atoms with Crippen LogP contribution in [-0.2, 0) is 4.79 Å². The van der Waals surface area contributed by atoms with Crippen LogP contribution in [0.25, 0.3) is 16.6 Å². The molecule has 4 aromatic rings. The molecule has 0 saturated heterocycles. The Bertz CT molecular complexity index is 1400. The molecular weight excluding hydrogens is 516 g/mol. The van der Waals surface area contributed by atoms with E-state index in [9.17, 15) is 9.59 Å². The van der Waals surface area contributed by atoms with Crippen molar-refractivity contribution in [1.82, 2.24) is 15.0 Å². The predicted molar refractivity (Wildman–Crippen MR) is 139 cm³/mol. The van der Waals surface area contributed by atoms with E-state index < -0.39 is 0 Å². The molecule has 0 bridgehead atoms. The number of rotatable bonds is 8. The van der Waals surface area contributed by atoms with Crippen molar-refractivity contribution in [2.75, 3.05) is 12.4 Å². The van der Waals surface area contributed by atoms with Crippen molar-refractivity contribution in [1.29, 1.82) is 0 Å². The van der Waals surface area contributed by atoms with E-state index in [-0.39, 0.29) is 17.2 Å². The number of nitrogens with zero attached hydrogens (tertiary/aromatic N) is 3. The third-order valence-electron chi connectivity index (χ3n) is 4.78. The van der Waals surface area contributed by atoms with Gasteiger partial charge in [-0.15, -0.1) is 0 Å². The number of thioether (sulfide) groups is 1. The zero-order valence-electron chi connectivity index (χ0n) is 18.3. The highest BCUT2D eigenvalue weighted by Gasteiger charge is 2.15. The lowest BCUT2D eigenvalue weighted by Gasteiger charge is -2.13. The summed E-state index contributed by atoms with van der Waals surface area (Å²) in [5.41, 5.74) is 4.37. The molecule has 0 spiro atoms. The molecule has 0 atom stereocenters. The summed E-state index contributed by atoms with van der Waals surface area (Å²) in [7, 11) is 0. The first-order valence-electron chi connectivity index (χ1n) is 10.5. The molecule has 1 heterocycles. The van der Waals surface area contributed by atoms with Crippen LogP contribution in [0.1, 0.15) is 12.5 Å². The highest BCUT2D eigenvalue weighted by atomic mass is 79.9. The van der Waals surface area contributed by atoms with E-state index in [2.05, 4.69) is 31.4 Å². The van der Waals surface area contributed by atoms with Gasteiger partial charge < -0.3 is 4.74 Å². The van der Waals surface area contributed by atoms with Gasteiger partial charge in [0.1, 0.15) is 5.75 Å². The number of hydrogen-bond donors (Lipinski definition) is 1. The summed E-state index contributed by atoms with van der Waals surface area (Å²) in [6.45, 7) is 2.46. The first-order chi connectivity index (χ1) is 16.6. The van der Waals surface area contributed by atoms with Gasteiger partial charge in [0, 0.05) is 10.0 Å². The molecule has 0 aliphatic heterocycles. The molecular formula is C25H21BrN4O3S. The maximum atomic E-state index is 13.3. The lowest BCUT2D eigenvalue weighted by molar-refractivity contribution is -0.118. The number of nitrogens with one attached hydrogen (secondary N) is 1. The Labute approximate surface area is 209 Å². The van der Waals surface area contributed by atoms with Crippen LogP contribution in [0, 0.1) is 0 Å². The summed E-state index contributed by atoms with van der Waals surface area (Å²) in [5.74, 6) is 0.438. The normalized spacial score (nSPS) is 11.1. The van der Waals surface area contributed by atoms with Crippen molar-refractivity contribution in [2.45, 2.75) is 12.1 Å². The maximum Gasteiger partial charge on any atom is 0.266 e. The molecule has 0 radical (unpaired) electrons. The van der Waals surface area contributed by atoms with E-state index >= 15 is 0 Å². The van der Waals surface area contributed by atoms with Gasteiger partial charge >= 0.3 is 0 Å². The number of carbonyl (C=O) groups excluding carboxylic acids is 1. The van der Waals surface area contributed by atoms with E-state index in [0.29, 0.717) is 34.1 Å². The maximum absolute atomic E-state index is 13.3. The molecule has 0 unspecified atom stereocenters. The molecule has 1 amide bonds. The number of aromatic nitrogens is 2. The summed E-state index contributed by atoms with van der Waals surface area (Å²) in [6.07, 6.45) is 1.57. The van der Waals surface area contributed by atoms with Crippen LogP contribution in [-0.4, -0.2) is 34.0 Å². The Kier molecular flexibility index (Phi) is 7.76. The lowest BCUT2D eigenvalue weighted by Crippen LogP contribution is -2.24. The second-order valence-corrected chi connectivity index (χ2v) is 8.88. The largest absolute Gasteiger partial charge is 0.494 e. The van der Waals surface area contributed by atoms with Gasteiger partial charge in [0.25, 0.3) is 11.5 Å². The number of benzene rings is 3. The van der Waals surface area contributed by atoms with Crippen molar-refractivity contribution in [2.24, 2.45) is 5.10 Å². The molecule has 9 heteroatoms. The van der Waals surface area contributed by atoms with Crippen LogP contribution < -0.4 is 15.7 Å². The number of hydrazone groups is 1. The van der Waals surface area contributed by atoms with Crippen LogP contribution in [0.3, 0.4) is 0 Å². The molecule has 0 aliphatic carbocycles.